The van der Waals surface area contributed by atoms with Gasteiger partial charge in [0.25, 0.3) is 5.22 Å². The summed E-state index contributed by atoms with van der Waals surface area (Å²) in [6, 6.07) is 9.47. The van der Waals surface area contributed by atoms with Gasteiger partial charge in [-0.15, -0.1) is 10.2 Å². The molecule has 0 spiro atoms. The molecule has 0 saturated carbocycles. The van der Waals surface area contributed by atoms with Crippen LogP contribution in [0.1, 0.15) is 12.8 Å². The van der Waals surface area contributed by atoms with E-state index in [0.29, 0.717) is 37.0 Å². The summed E-state index contributed by atoms with van der Waals surface area (Å²) < 4.78 is 5.56. The van der Waals surface area contributed by atoms with Crippen molar-refractivity contribution >= 4 is 23.6 Å². The number of nitrogens with zero attached hydrogens (tertiary/aromatic N) is 3. The summed E-state index contributed by atoms with van der Waals surface area (Å²) in [6.45, 7) is 1.12. The second-order valence-corrected chi connectivity index (χ2v) is 6.51. The molecule has 2 heterocycles. The highest BCUT2D eigenvalue weighted by molar-refractivity contribution is 7.99. The van der Waals surface area contributed by atoms with Crippen LogP contribution < -0.4 is 5.73 Å². The zero-order chi connectivity index (χ0) is 16.9. The number of piperidine rings is 1. The van der Waals surface area contributed by atoms with Crippen molar-refractivity contribution < 1.29 is 14.0 Å². The first-order chi connectivity index (χ1) is 11.6. The van der Waals surface area contributed by atoms with E-state index in [9.17, 15) is 9.59 Å². The zero-order valence-electron chi connectivity index (χ0n) is 13.1. The molecule has 2 N–H and O–H groups in total. The summed E-state index contributed by atoms with van der Waals surface area (Å²) >= 11 is 1.22. The maximum absolute atomic E-state index is 12.2. The Labute approximate surface area is 143 Å². The van der Waals surface area contributed by atoms with Crippen LogP contribution in [-0.4, -0.2) is 45.8 Å². The number of likely N-dealkylation sites (tertiary alicyclic amines) is 1. The fraction of sp³-hybridized carbons (Fsp3) is 0.375. The van der Waals surface area contributed by atoms with E-state index in [1.165, 1.54) is 11.8 Å². The van der Waals surface area contributed by atoms with Gasteiger partial charge in [0, 0.05) is 24.6 Å². The molecular formula is C16H18N4O3S. The number of rotatable bonds is 5. The number of nitrogens with two attached hydrogens (primary N) is 1. The molecule has 1 aliphatic heterocycles. The van der Waals surface area contributed by atoms with Crippen molar-refractivity contribution in [1.29, 1.82) is 0 Å². The van der Waals surface area contributed by atoms with Crippen molar-refractivity contribution in [1.82, 2.24) is 15.1 Å². The Hall–Kier alpha value is -2.35. The first-order valence-corrected chi connectivity index (χ1v) is 8.71. The molecule has 24 heavy (non-hydrogen) atoms. The van der Waals surface area contributed by atoms with E-state index < -0.39 is 0 Å². The number of primary amides is 1. The lowest BCUT2D eigenvalue weighted by molar-refractivity contribution is -0.132. The fourth-order valence-corrected chi connectivity index (χ4v) is 3.26. The van der Waals surface area contributed by atoms with E-state index in [1.807, 2.05) is 30.3 Å². The molecule has 1 aromatic heterocycles. The Bertz CT molecular complexity index is 711. The van der Waals surface area contributed by atoms with Gasteiger partial charge in [0.2, 0.25) is 17.7 Å². The van der Waals surface area contributed by atoms with E-state index in [2.05, 4.69) is 10.2 Å². The summed E-state index contributed by atoms with van der Waals surface area (Å²) in [5, 5.41) is 8.32. The Morgan fingerprint density at radius 1 is 1.21 bits per heavy atom. The summed E-state index contributed by atoms with van der Waals surface area (Å²) in [6.07, 6.45) is 1.26. The van der Waals surface area contributed by atoms with E-state index in [-0.39, 0.29) is 23.5 Å². The lowest BCUT2D eigenvalue weighted by atomic mass is 9.96. The largest absolute Gasteiger partial charge is 0.411 e. The van der Waals surface area contributed by atoms with Gasteiger partial charge in [0.05, 0.1) is 5.75 Å². The molecular weight excluding hydrogens is 328 g/mol. The standard InChI is InChI=1S/C16H18N4O3S/c17-14(22)11-6-8-20(9-7-11)13(21)10-24-16-19-18-15(23-16)12-4-2-1-3-5-12/h1-5,11H,6-10H2,(H2,17,22). The molecule has 3 rings (SSSR count). The Kier molecular flexibility index (Phi) is 5.14. The van der Waals surface area contributed by atoms with E-state index in [0.717, 1.165) is 5.56 Å². The van der Waals surface area contributed by atoms with Gasteiger partial charge in [-0.1, -0.05) is 30.0 Å². The SMILES string of the molecule is NC(=O)C1CCN(C(=O)CSc2nnc(-c3ccccc3)o2)CC1. The van der Waals surface area contributed by atoms with Crippen LogP contribution in [0.3, 0.4) is 0 Å². The normalized spacial score (nSPS) is 15.4. The minimum atomic E-state index is -0.282. The molecule has 8 heteroatoms. The van der Waals surface area contributed by atoms with Gasteiger partial charge < -0.3 is 15.1 Å². The van der Waals surface area contributed by atoms with E-state index >= 15 is 0 Å². The molecule has 1 aromatic carbocycles. The first kappa shape index (κ1) is 16.5. The monoisotopic (exact) mass is 346 g/mol. The molecule has 1 fully saturated rings. The van der Waals surface area contributed by atoms with Gasteiger partial charge in [-0.2, -0.15) is 0 Å². The van der Waals surface area contributed by atoms with Gasteiger partial charge in [-0.05, 0) is 25.0 Å². The average molecular weight is 346 g/mol. The van der Waals surface area contributed by atoms with Gasteiger partial charge in [-0.25, -0.2) is 0 Å². The van der Waals surface area contributed by atoms with Gasteiger partial charge in [0.15, 0.2) is 0 Å². The van der Waals surface area contributed by atoms with Crippen LogP contribution in [0.15, 0.2) is 40.0 Å². The maximum atomic E-state index is 12.2. The Balaban J connectivity index is 1.50. The smallest absolute Gasteiger partial charge is 0.277 e. The minimum Gasteiger partial charge on any atom is -0.411 e. The van der Waals surface area contributed by atoms with Crippen LogP contribution in [0, 0.1) is 5.92 Å². The molecule has 2 amide bonds. The van der Waals surface area contributed by atoms with Crippen LogP contribution in [0.2, 0.25) is 0 Å². The molecule has 0 aliphatic carbocycles. The predicted octanol–water partition coefficient (Wildman–Crippen LogP) is 1.55. The number of thioether (sulfide) groups is 1. The number of carbonyl (C=O) groups excluding carboxylic acids is 2. The third-order valence-electron chi connectivity index (χ3n) is 4.00. The van der Waals surface area contributed by atoms with Crippen LogP contribution in [-0.2, 0) is 9.59 Å². The number of hydrogen-bond donors (Lipinski definition) is 1. The number of aromatic nitrogens is 2. The zero-order valence-corrected chi connectivity index (χ0v) is 13.9. The van der Waals surface area contributed by atoms with Crippen LogP contribution in [0.4, 0.5) is 0 Å². The van der Waals surface area contributed by atoms with Crippen LogP contribution >= 0.6 is 11.8 Å². The van der Waals surface area contributed by atoms with E-state index in [4.69, 9.17) is 10.2 Å². The van der Waals surface area contributed by atoms with Crippen molar-refractivity contribution in [3.05, 3.63) is 30.3 Å². The second kappa shape index (κ2) is 7.48. The lowest BCUT2D eigenvalue weighted by Gasteiger charge is -2.30. The van der Waals surface area contributed by atoms with Crippen molar-refractivity contribution in [3.63, 3.8) is 0 Å². The number of amides is 2. The molecule has 0 radical (unpaired) electrons. The second-order valence-electron chi connectivity index (χ2n) is 5.59. The lowest BCUT2D eigenvalue weighted by Crippen LogP contribution is -2.42. The summed E-state index contributed by atoms with van der Waals surface area (Å²) in [5.74, 6) is 0.273. The molecule has 126 valence electrons. The number of hydrogen-bond acceptors (Lipinski definition) is 6. The quantitative estimate of drug-likeness (QED) is 0.824. The summed E-state index contributed by atoms with van der Waals surface area (Å²) in [7, 11) is 0. The molecule has 0 unspecified atom stereocenters. The topological polar surface area (TPSA) is 102 Å². The van der Waals surface area contributed by atoms with Gasteiger partial charge >= 0.3 is 0 Å². The molecule has 0 atom stereocenters. The van der Waals surface area contributed by atoms with Gasteiger partial charge in [0.1, 0.15) is 0 Å². The van der Waals surface area contributed by atoms with E-state index in [1.54, 1.807) is 4.90 Å². The van der Waals surface area contributed by atoms with Crippen LogP contribution in [0.25, 0.3) is 11.5 Å². The Morgan fingerprint density at radius 2 is 1.92 bits per heavy atom. The maximum Gasteiger partial charge on any atom is 0.277 e. The molecule has 1 aliphatic rings. The van der Waals surface area contributed by atoms with Crippen molar-refractivity contribution in [3.8, 4) is 11.5 Å². The summed E-state index contributed by atoms with van der Waals surface area (Å²) in [5.41, 5.74) is 6.14. The predicted molar refractivity (Wildman–Crippen MR) is 89.0 cm³/mol. The molecule has 7 nitrogen and oxygen atoms in total. The van der Waals surface area contributed by atoms with Crippen molar-refractivity contribution in [2.24, 2.45) is 11.7 Å². The van der Waals surface area contributed by atoms with Crippen LogP contribution in [0.5, 0.6) is 0 Å². The minimum absolute atomic E-state index is 0.00221. The summed E-state index contributed by atoms with van der Waals surface area (Å²) in [4.78, 5) is 25.1. The first-order valence-electron chi connectivity index (χ1n) is 7.72. The van der Waals surface area contributed by atoms with Gasteiger partial charge in [-0.3, -0.25) is 9.59 Å². The fourth-order valence-electron chi connectivity index (χ4n) is 2.59. The average Bonchev–Trinajstić information content (AvgIpc) is 3.09. The molecule has 2 aromatic rings. The number of carbonyl (C=O) groups is 2. The number of benzene rings is 1. The highest BCUT2D eigenvalue weighted by atomic mass is 32.2. The Morgan fingerprint density at radius 3 is 2.58 bits per heavy atom. The highest BCUT2D eigenvalue weighted by Crippen LogP contribution is 2.24. The third kappa shape index (κ3) is 3.94. The highest BCUT2D eigenvalue weighted by Gasteiger charge is 2.26. The van der Waals surface area contributed by atoms with Crippen molar-refractivity contribution in [2.75, 3.05) is 18.8 Å². The molecule has 1 saturated heterocycles. The van der Waals surface area contributed by atoms with Crippen molar-refractivity contribution in [2.45, 2.75) is 18.1 Å². The molecule has 0 bridgehead atoms. The third-order valence-corrected chi connectivity index (χ3v) is 4.80.